The standard InChI is InChI=1S/C24H32FNO/c1-18(2)23-16-24(13-15-27-23,21-10-8-19(3)9-11-21)12-14-26-17-20-6-4-5-7-22(20)25/h4-11,18,23,26H,12-17H2,1-3H3/p+1/t23-,24+/m0/s1. The molecule has 0 amide bonds. The molecule has 2 nitrogen and oxygen atoms in total. The van der Waals surface area contributed by atoms with E-state index in [1.807, 2.05) is 12.1 Å². The van der Waals surface area contributed by atoms with Crippen LogP contribution in [0.1, 0.15) is 49.8 Å². The minimum atomic E-state index is -0.104. The molecule has 0 spiro atoms. The highest BCUT2D eigenvalue weighted by Gasteiger charge is 2.39. The van der Waals surface area contributed by atoms with Gasteiger partial charge >= 0.3 is 0 Å². The molecule has 0 saturated carbocycles. The first-order chi connectivity index (χ1) is 13.0. The van der Waals surface area contributed by atoms with Crippen LogP contribution in [0.15, 0.2) is 48.5 Å². The van der Waals surface area contributed by atoms with Crippen molar-refractivity contribution in [3.05, 3.63) is 71.0 Å². The van der Waals surface area contributed by atoms with E-state index in [1.165, 1.54) is 11.1 Å². The van der Waals surface area contributed by atoms with E-state index >= 15 is 0 Å². The summed E-state index contributed by atoms with van der Waals surface area (Å²) in [6.45, 7) is 9.15. The van der Waals surface area contributed by atoms with Crippen LogP contribution in [0, 0.1) is 18.7 Å². The molecule has 2 atom stereocenters. The zero-order chi connectivity index (χ0) is 19.3. The van der Waals surface area contributed by atoms with Crippen LogP contribution in [0.2, 0.25) is 0 Å². The summed E-state index contributed by atoms with van der Waals surface area (Å²) in [5.41, 5.74) is 3.68. The molecule has 0 aromatic heterocycles. The number of hydrogen-bond acceptors (Lipinski definition) is 1. The van der Waals surface area contributed by atoms with Crippen molar-refractivity contribution in [3.63, 3.8) is 0 Å². The normalized spacial score (nSPS) is 22.9. The Hall–Kier alpha value is -1.71. The van der Waals surface area contributed by atoms with Gasteiger partial charge in [-0.2, -0.15) is 0 Å². The number of hydrogen-bond donors (Lipinski definition) is 1. The molecule has 146 valence electrons. The van der Waals surface area contributed by atoms with E-state index in [4.69, 9.17) is 4.74 Å². The molecule has 1 fully saturated rings. The number of halogens is 1. The lowest BCUT2D eigenvalue weighted by atomic mass is 9.68. The van der Waals surface area contributed by atoms with Crippen LogP contribution in [0.5, 0.6) is 0 Å². The van der Waals surface area contributed by atoms with Crippen molar-refractivity contribution in [2.45, 2.75) is 58.1 Å². The van der Waals surface area contributed by atoms with Gasteiger partial charge in [0.2, 0.25) is 0 Å². The monoisotopic (exact) mass is 370 g/mol. The van der Waals surface area contributed by atoms with E-state index in [0.717, 1.165) is 38.0 Å². The van der Waals surface area contributed by atoms with Crippen molar-refractivity contribution < 1.29 is 14.4 Å². The molecule has 2 N–H and O–H groups in total. The van der Waals surface area contributed by atoms with Crippen LogP contribution in [0.4, 0.5) is 4.39 Å². The zero-order valence-electron chi connectivity index (χ0n) is 16.9. The zero-order valence-corrected chi connectivity index (χ0v) is 16.9. The molecule has 0 radical (unpaired) electrons. The minimum Gasteiger partial charge on any atom is -0.378 e. The van der Waals surface area contributed by atoms with Gasteiger partial charge < -0.3 is 10.1 Å². The average molecular weight is 371 g/mol. The maximum Gasteiger partial charge on any atom is 0.132 e. The Balaban J connectivity index is 1.70. The van der Waals surface area contributed by atoms with E-state index in [1.54, 1.807) is 12.1 Å². The van der Waals surface area contributed by atoms with Crippen LogP contribution >= 0.6 is 0 Å². The van der Waals surface area contributed by atoms with E-state index in [9.17, 15) is 4.39 Å². The van der Waals surface area contributed by atoms with Crippen LogP contribution < -0.4 is 5.32 Å². The first-order valence-corrected chi connectivity index (χ1v) is 10.2. The largest absolute Gasteiger partial charge is 0.378 e. The highest BCUT2D eigenvalue weighted by Crippen LogP contribution is 2.41. The second kappa shape index (κ2) is 8.99. The fourth-order valence-corrected chi connectivity index (χ4v) is 4.22. The summed E-state index contributed by atoms with van der Waals surface area (Å²) < 4.78 is 19.9. The Bertz CT molecular complexity index is 727. The summed E-state index contributed by atoms with van der Waals surface area (Å²) in [6.07, 6.45) is 3.54. The maximum absolute atomic E-state index is 13.9. The molecule has 3 heteroatoms. The molecule has 1 saturated heterocycles. The second-order valence-electron chi connectivity index (χ2n) is 8.38. The molecule has 0 aliphatic carbocycles. The number of nitrogens with two attached hydrogens (primary N) is 1. The number of ether oxygens (including phenoxy) is 1. The van der Waals surface area contributed by atoms with E-state index in [2.05, 4.69) is 50.4 Å². The van der Waals surface area contributed by atoms with Gasteiger partial charge in [0.15, 0.2) is 0 Å². The fraction of sp³-hybridized carbons (Fsp3) is 0.500. The number of quaternary nitrogens is 1. The average Bonchev–Trinajstić information content (AvgIpc) is 2.67. The lowest BCUT2D eigenvalue weighted by molar-refractivity contribution is -0.672. The number of aryl methyl sites for hydroxylation is 1. The summed E-state index contributed by atoms with van der Waals surface area (Å²) in [4.78, 5) is 0. The third-order valence-electron chi connectivity index (χ3n) is 6.06. The Morgan fingerprint density at radius 1 is 1.15 bits per heavy atom. The molecule has 27 heavy (non-hydrogen) atoms. The van der Waals surface area contributed by atoms with Gasteiger partial charge in [-0.05, 0) is 37.3 Å². The highest BCUT2D eigenvalue weighted by atomic mass is 19.1. The van der Waals surface area contributed by atoms with Gasteiger partial charge in [-0.1, -0.05) is 61.9 Å². The summed E-state index contributed by atoms with van der Waals surface area (Å²) in [5, 5.41) is 2.24. The fourth-order valence-electron chi connectivity index (χ4n) is 4.22. The number of benzene rings is 2. The molecule has 2 aromatic carbocycles. The molecule has 0 bridgehead atoms. The van der Waals surface area contributed by atoms with Crippen molar-refractivity contribution >= 4 is 0 Å². The highest BCUT2D eigenvalue weighted by molar-refractivity contribution is 5.29. The van der Waals surface area contributed by atoms with Crippen molar-refractivity contribution in [2.24, 2.45) is 5.92 Å². The SMILES string of the molecule is Cc1ccc([C@]2(CC[NH2+]Cc3ccccc3F)CCO[C@H](C(C)C)C2)cc1. The molecule has 2 aromatic rings. The van der Waals surface area contributed by atoms with Crippen LogP contribution in [0.3, 0.4) is 0 Å². The lowest BCUT2D eigenvalue weighted by Crippen LogP contribution is -2.83. The van der Waals surface area contributed by atoms with Crippen LogP contribution in [-0.2, 0) is 16.7 Å². The summed E-state index contributed by atoms with van der Waals surface area (Å²) >= 11 is 0. The third-order valence-corrected chi connectivity index (χ3v) is 6.06. The minimum absolute atomic E-state index is 0.104. The van der Waals surface area contributed by atoms with Gasteiger partial charge in [-0.15, -0.1) is 0 Å². The molecule has 1 aliphatic heterocycles. The quantitative estimate of drug-likeness (QED) is 0.720. The Morgan fingerprint density at radius 2 is 1.89 bits per heavy atom. The molecule has 1 aliphatic rings. The first-order valence-electron chi connectivity index (χ1n) is 10.2. The van der Waals surface area contributed by atoms with Crippen LogP contribution in [-0.4, -0.2) is 19.3 Å². The van der Waals surface area contributed by atoms with Gasteiger partial charge in [0.25, 0.3) is 0 Å². The Labute approximate surface area is 163 Å². The second-order valence-corrected chi connectivity index (χ2v) is 8.38. The molecule has 0 unspecified atom stereocenters. The third kappa shape index (κ3) is 4.97. The summed E-state index contributed by atoms with van der Waals surface area (Å²) in [7, 11) is 0. The van der Waals surface area contributed by atoms with E-state index < -0.39 is 0 Å². The molecule has 3 rings (SSSR count). The van der Waals surface area contributed by atoms with E-state index in [-0.39, 0.29) is 11.2 Å². The van der Waals surface area contributed by atoms with E-state index in [0.29, 0.717) is 18.6 Å². The van der Waals surface area contributed by atoms with Gasteiger partial charge in [-0.3, -0.25) is 0 Å². The van der Waals surface area contributed by atoms with Crippen molar-refractivity contribution in [2.75, 3.05) is 13.2 Å². The summed E-state index contributed by atoms with van der Waals surface area (Å²) in [6, 6.07) is 16.1. The lowest BCUT2D eigenvalue weighted by Gasteiger charge is -2.42. The Morgan fingerprint density at radius 3 is 2.59 bits per heavy atom. The van der Waals surface area contributed by atoms with Crippen molar-refractivity contribution in [1.82, 2.24) is 0 Å². The van der Waals surface area contributed by atoms with Gasteiger partial charge in [0.05, 0.1) is 12.6 Å². The van der Waals surface area contributed by atoms with Crippen molar-refractivity contribution in [3.8, 4) is 0 Å². The number of rotatable bonds is 7. The topological polar surface area (TPSA) is 25.8 Å². The molecular formula is C24H33FNO+. The Kier molecular flexibility index (Phi) is 6.67. The van der Waals surface area contributed by atoms with Gasteiger partial charge in [-0.25, -0.2) is 4.39 Å². The summed E-state index contributed by atoms with van der Waals surface area (Å²) in [5.74, 6) is 0.422. The maximum atomic E-state index is 13.9. The van der Waals surface area contributed by atoms with Crippen molar-refractivity contribution in [1.29, 1.82) is 0 Å². The van der Waals surface area contributed by atoms with Gasteiger partial charge in [0.1, 0.15) is 12.4 Å². The molecular weight excluding hydrogens is 337 g/mol. The van der Waals surface area contributed by atoms with Gasteiger partial charge in [0, 0.05) is 24.0 Å². The van der Waals surface area contributed by atoms with Crippen LogP contribution in [0.25, 0.3) is 0 Å². The first kappa shape index (κ1) is 20.0. The predicted octanol–water partition coefficient (Wildman–Crippen LogP) is 4.36. The predicted molar refractivity (Wildman–Crippen MR) is 108 cm³/mol. The smallest absolute Gasteiger partial charge is 0.132 e. The molecule has 1 heterocycles.